The normalized spacial score (nSPS) is 22.7. The highest BCUT2D eigenvalue weighted by Crippen LogP contribution is 2.41. The molecule has 3 aliphatic rings. The molecule has 2 aromatic carbocycles. The topological polar surface area (TPSA) is 121 Å². The predicted octanol–water partition coefficient (Wildman–Crippen LogP) is 5.35. The number of likely N-dealkylation sites (tertiary alicyclic amines) is 1. The summed E-state index contributed by atoms with van der Waals surface area (Å²) in [6.45, 7) is 6.91. The number of amides is 1. The standard InChI is InChI=1S/C39H35F3N8O3/c1-4-28-31(41)9-6-22-12-27(51)13-29(33(22)28)35-34(42)36-30(15-44-35)37(48-18-25-7-8-26(19-48)50(25)32(52)5-2)47-38(46-36)53-20-39(3)14-23(40)16-49(39)17-24-10-11-43-21-45-24/h1,5-6,9-13,15,21,23,25-26,51H,2,7-8,14,16-20H2,3H3/t23-,25-,26+,39+/m1/s1. The molecule has 3 fully saturated rings. The molecule has 0 unspecified atom stereocenters. The van der Waals surface area contributed by atoms with E-state index in [2.05, 4.69) is 32.4 Å². The number of pyridine rings is 1. The van der Waals surface area contributed by atoms with Gasteiger partial charge in [-0.2, -0.15) is 9.97 Å². The third kappa shape index (κ3) is 6.04. The SMILES string of the molecule is C#Cc1c(F)ccc2cc(O)cc(-c3ncc4c(N5C[C@H]6CC[C@@H](C5)N6C(=O)C=C)nc(OC[C@]5(C)C[C@@H](F)CN5Cc5ccncn5)nc4c3F)c12. The van der Waals surface area contributed by atoms with Gasteiger partial charge >= 0.3 is 6.01 Å². The number of benzene rings is 2. The van der Waals surface area contributed by atoms with Gasteiger partial charge in [0.25, 0.3) is 0 Å². The van der Waals surface area contributed by atoms with Crippen LogP contribution in [0.3, 0.4) is 0 Å². The maximum Gasteiger partial charge on any atom is 0.319 e. The van der Waals surface area contributed by atoms with E-state index < -0.39 is 23.3 Å². The molecule has 4 atom stereocenters. The molecule has 8 rings (SSSR count). The third-order valence-corrected chi connectivity index (χ3v) is 10.7. The molecule has 2 bridgehead atoms. The number of phenolic OH excluding ortho intramolecular Hbond substituents is 1. The maximum atomic E-state index is 17.0. The van der Waals surface area contributed by atoms with Crippen LogP contribution in [-0.4, -0.2) is 95.8 Å². The van der Waals surface area contributed by atoms with Gasteiger partial charge < -0.3 is 19.6 Å². The molecule has 6 heterocycles. The highest BCUT2D eigenvalue weighted by atomic mass is 19.1. The van der Waals surface area contributed by atoms with Gasteiger partial charge in [0.2, 0.25) is 5.91 Å². The van der Waals surface area contributed by atoms with Gasteiger partial charge in [0.1, 0.15) is 47.7 Å². The largest absolute Gasteiger partial charge is 0.508 e. The fourth-order valence-corrected chi connectivity index (χ4v) is 8.17. The number of phenols is 1. The van der Waals surface area contributed by atoms with E-state index in [1.807, 2.05) is 21.6 Å². The molecular formula is C39H35F3N8O3. The van der Waals surface area contributed by atoms with Crippen LogP contribution in [0.15, 0.2) is 61.7 Å². The smallest absolute Gasteiger partial charge is 0.319 e. The van der Waals surface area contributed by atoms with E-state index in [0.29, 0.717) is 30.8 Å². The Bertz CT molecular complexity index is 2310. The van der Waals surface area contributed by atoms with Crippen molar-refractivity contribution in [1.82, 2.24) is 34.7 Å². The summed E-state index contributed by atoms with van der Waals surface area (Å²) < 4.78 is 53.2. The lowest BCUT2D eigenvalue weighted by molar-refractivity contribution is -0.129. The van der Waals surface area contributed by atoms with Gasteiger partial charge in [0, 0.05) is 68.0 Å². The fraction of sp³-hybridized carbons (Fsp3) is 0.333. The Morgan fingerprint density at radius 2 is 1.94 bits per heavy atom. The number of ether oxygens (including phenoxy) is 1. The first-order valence-electron chi connectivity index (χ1n) is 17.3. The lowest BCUT2D eigenvalue weighted by Gasteiger charge is -2.41. The Hall–Kier alpha value is -5.81. The van der Waals surface area contributed by atoms with E-state index in [-0.39, 0.29) is 82.4 Å². The number of hydrogen-bond acceptors (Lipinski definition) is 10. The molecule has 14 heteroatoms. The van der Waals surface area contributed by atoms with Gasteiger partial charge in [0.15, 0.2) is 5.82 Å². The molecule has 3 saturated heterocycles. The molecule has 1 N–H and O–H groups in total. The van der Waals surface area contributed by atoms with Crippen molar-refractivity contribution >= 4 is 33.4 Å². The number of carbonyl (C=O) groups excluding carboxylic acids is 1. The van der Waals surface area contributed by atoms with E-state index >= 15 is 4.39 Å². The minimum absolute atomic E-state index is 0.0160. The number of fused-ring (bicyclic) bond motifs is 4. The van der Waals surface area contributed by atoms with Crippen molar-refractivity contribution < 1.29 is 27.8 Å². The first-order chi connectivity index (χ1) is 25.6. The summed E-state index contributed by atoms with van der Waals surface area (Å²) in [4.78, 5) is 40.6. The Morgan fingerprint density at radius 3 is 2.66 bits per heavy atom. The molecular weight excluding hydrogens is 685 g/mol. The minimum atomic E-state index is -1.11. The number of anilines is 1. The first kappa shape index (κ1) is 34.3. The average molecular weight is 721 g/mol. The second kappa shape index (κ2) is 13.3. The van der Waals surface area contributed by atoms with Crippen LogP contribution in [0.25, 0.3) is 32.9 Å². The van der Waals surface area contributed by atoms with Gasteiger partial charge in [-0.05, 0) is 55.5 Å². The molecule has 53 heavy (non-hydrogen) atoms. The quantitative estimate of drug-likeness (QED) is 0.166. The van der Waals surface area contributed by atoms with Crippen molar-refractivity contribution in [1.29, 1.82) is 0 Å². The van der Waals surface area contributed by atoms with Crippen LogP contribution in [0, 0.1) is 24.0 Å². The molecule has 270 valence electrons. The van der Waals surface area contributed by atoms with E-state index in [9.17, 15) is 18.7 Å². The predicted molar refractivity (Wildman–Crippen MR) is 192 cm³/mol. The van der Waals surface area contributed by atoms with Crippen molar-refractivity contribution in [2.75, 3.05) is 31.1 Å². The van der Waals surface area contributed by atoms with E-state index in [0.717, 1.165) is 18.5 Å². The molecule has 3 aromatic heterocycles. The second-order valence-corrected chi connectivity index (χ2v) is 14.1. The Morgan fingerprint density at radius 1 is 1.15 bits per heavy atom. The molecule has 5 aromatic rings. The number of nitrogens with zero attached hydrogens (tertiary/aromatic N) is 8. The number of aromatic nitrogens is 5. The van der Waals surface area contributed by atoms with Crippen LogP contribution in [-0.2, 0) is 11.3 Å². The number of piperazine rings is 1. The molecule has 0 aliphatic carbocycles. The summed E-state index contributed by atoms with van der Waals surface area (Å²) in [7, 11) is 0. The number of hydrogen-bond donors (Lipinski definition) is 1. The first-order valence-corrected chi connectivity index (χ1v) is 17.3. The number of aromatic hydroxyl groups is 1. The van der Waals surface area contributed by atoms with E-state index in [1.165, 1.54) is 42.9 Å². The minimum Gasteiger partial charge on any atom is -0.508 e. The zero-order chi connectivity index (χ0) is 37.0. The number of rotatable bonds is 8. The molecule has 0 radical (unpaired) electrons. The Kier molecular flexibility index (Phi) is 8.61. The zero-order valence-corrected chi connectivity index (χ0v) is 28.8. The molecule has 3 aliphatic heterocycles. The summed E-state index contributed by atoms with van der Waals surface area (Å²) in [6, 6.07) is 6.74. The summed E-state index contributed by atoms with van der Waals surface area (Å²) in [6.07, 6.45) is 12.2. The highest BCUT2D eigenvalue weighted by molar-refractivity contribution is 6.03. The van der Waals surface area contributed by atoms with Crippen LogP contribution >= 0.6 is 0 Å². The number of alkyl halides is 1. The summed E-state index contributed by atoms with van der Waals surface area (Å²) in [5.41, 5.74) is -0.413. The van der Waals surface area contributed by atoms with Gasteiger partial charge in [-0.1, -0.05) is 18.6 Å². The Balaban J connectivity index is 1.23. The van der Waals surface area contributed by atoms with Crippen LogP contribution in [0.2, 0.25) is 0 Å². The second-order valence-electron chi connectivity index (χ2n) is 14.1. The van der Waals surface area contributed by atoms with Crippen molar-refractivity contribution in [3.8, 4) is 35.4 Å². The van der Waals surface area contributed by atoms with Gasteiger partial charge in [0.05, 0.1) is 22.2 Å². The summed E-state index contributed by atoms with van der Waals surface area (Å²) in [5.74, 6) is 0.836. The van der Waals surface area contributed by atoms with Gasteiger partial charge in [-0.3, -0.25) is 14.7 Å². The third-order valence-electron chi connectivity index (χ3n) is 10.7. The maximum absolute atomic E-state index is 17.0. The van der Waals surface area contributed by atoms with Crippen molar-refractivity contribution in [2.24, 2.45) is 0 Å². The fourth-order valence-electron chi connectivity index (χ4n) is 8.17. The Labute approximate surface area is 303 Å². The average Bonchev–Trinajstić information content (AvgIpc) is 3.59. The number of terminal acetylenes is 1. The van der Waals surface area contributed by atoms with Crippen LogP contribution in [0.1, 0.15) is 37.4 Å². The highest BCUT2D eigenvalue weighted by Gasteiger charge is 2.44. The van der Waals surface area contributed by atoms with Crippen LogP contribution in [0.5, 0.6) is 11.8 Å². The molecule has 0 spiro atoms. The molecule has 0 saturated carbocycles. The van der Waals surface area contributed by atoms with Crippen molar-refractivity contribution in [2.45, 2.75) is 56.5 Å². The molecule has 11 nitrogen and oxygen atoms in total. The summed E-state index contributed by atoms with van der Waals surface area (Å²) >= 11 is 0. The van der Waals surface area contributed by atoms with Crippen LogP contribution in [0.4, 0.5) is 19.0 Å². The van der Waals surface area contributed by atoms with Crippen molar-refractivity contribution in [3.63, 3.8) is 0 Å². The molecule has 1 amide bonds. The summed E-state index contributed by atoms with van der Waals surface area (Å²) in [5, 5.41) is 11.5. The van der Waals surface area contributed by atoms with E-state index in [1.54, 1.807) is 12.3 Å². The lowest BCUT2D eigenvalue weighted by atomic mass is 9.96. The number of carbonyl (C=O) groups is 1. The number of halogens is 3. The zero-order valence-electron chi connectivity index (χ0n) is 28.8. The van der Waals surface area contributed by atoms with E-state index in [4.69, 9.17) is 16.1 Å². The van der Waals surface area contributed by atoms with Gasteiger partial charge in [-0.25, -0.2) is 23.1 Å². The van der Waals surface area contributed by atoms with Crippen LogP contribution < -0.4 is 9.64 Å². The lowest BCUT2D eigenvalue weighted by Crippen LogP contribution is -2.55. The van der Waals surface area contributed by atoms with Crippen molar-refractivity contribution in [3.05, 3.63) is 84.6 Å². The van der Waals surface area contributed by atoms with Gasteiger partial charge in [-0.15, -0.1) is 6.42 Å². The monoisotopic (exact) mass is 720 g/mol.